The van der Waals surface area contributed by atoms with Crippen molar-refractivity contribution >= 4 is 50.4 Å². The molecule has 0 fully saturated rings. The van der Waals surface area contributed by atoms with E-state index in [1.165, 1.54) is 20.8 Å². The topological polar surface area (TPSA) is 16.6 Å². The van der Waals surface area contributed by atoms with Gasteiger partial charge in [-0.05, 0) is 0 Å². The molecule has 5 heteroatoms. The van der Waals surface area contributed by atoms with Gasteiger partial charge in [0.15, 0.2) is 20.8 Å². The van der Waals surface area contributed by atoms with Gasteiger partial charge in [0.05, 0.1) is 29.6 Å². The molecule has 0 saturated carbocycles. The third-order valence-electron chi connectivity index (χ3n) is 0.0727. The highest BCUT2D eigenvalue weighted by Crippen LogP contribution is 2.01. The van der Waals surface area contributed by atoms with Gasteiger partial charge in [-0.25, -0.2) is 4.13 Å². The van der Waals surface area contributed by atoms with Crippen molar-refractivity contribution in [3.63, 3.8) is 0 Å². The van der Waals surface area contributed by atoms with Crippen LogP contribution in [0.4, 0.5) is 0 Å². The lowest BCUT2D eigenvalue weighted by Crippen LogP contribution is -2.62. The predicted molar refractivity (Wildman–Crippen MR) is 35.0 cm³/mol. The number of halogens is 2. The van der Waals surface area contributed by atoms with Crippen LogP contribution in [0.25, 0.3) is 0 Å². The van der Waals surface area contributed by atoms with Crippen molar-refractivity contribution in [3.05, 3.63) is 0 Å². The summed E-state index contributed by atoms with van der Waals surface area (Å²) in [6.07, 6.45) is 0. The first-order chi connectivity index (χ1) is 2.41. The van der Waals surface area contributed by atoms with Crippen LogP contribution < -0.4 is 4.13 Å². The van der Waals surface area contributed by atoms with E-state index < -0.39 is 0 Å². The second-order valence-corrected chi connectivity index (χ2v) is 3.64. The van der Waals surface area contributed by atoms with E-state index in [-0.39, 0.29) is 0 Å². The van der Waals surface area contributed by atoms with Crippen molar-refractivity contribution in [2.24, 2.45) is 0 Å². The Hall–Kier alpha value is 1.62. The number of rotatable bonds is 2. The maximum absolute atomic E-state index is 3.12. The van der Waals surface area contributed by atoms with Crippen LogP contribution in [0.1, 0.15) is 0 Å². The predicted octanol–water partition coefficient (Wildman–Crippen LogP) is 1.47. The van der Waals surface area contributed by atoms with Crippen LogP contribution in [0.5, 0.6) is 0 Å². The molecular weight excluding hydrogens is 238 g/mol. The molecule has 2 N–H and O–H groups in total. The van der Waals surface area contributed by atoms with E-state index in [1.807, 2.05) is 4.13 Å². The molecule has 0 rings (SSSR count). The van der Waals surface area contributed by atoms with Crippen molar-refractivity contribution in [3.8, 4) is 0 Å². The average Bonchev–Trinajstić information content (AvgIpc) is 1.41. The van der Waals surface area contributed by atoms with E-state index >= 15 is 0 Å². The molecule has 32 valence electrons. The standard InChI is InChI=1S/Br2HNS2/c1-4-3-5-2/h3H/p+1. The molecule has 0 aliphatic carbocycles. The zero-order valence-electron chi connectivity index (χ0n) is 2.15. The molecule has 5 heavy (non-hydrogen) atoms. The van der Waals surface area contributed by atoms with Gasteiger partial charge in [-0.2, -0.15) is 0 Å². The fourth-order valence-corrected chi connectivity index (χ4v) is 3.34. The minimum absolute atomic E-state index is 1.51. The van der Waals surface area contributed by atoms with E-state index in [0.29, 0.717) is 0 Å². The van der Waals surface area contributed by atoms with Crippen LogP contribution in [0, 0.1) is 0 Å². The van der Waals surface area contributed by atoms with E-state index in [2.05, 4.69) is 29.6 Å². The van der Waals surface area contributed by atoms with Gasteiger partial charge in [0.25, 0.3) is 0 Å². The van der Waals surface area contributed by atoms with Gasteiger partial charge >= 0.3 is 0 Å². The molecule has 0 bridgehead atoms. The Morgan fingerprint density at radius 1 is 1.20 bits per heavy atom. The Labute approximate surface area is 54.3 Å². The molecular formula is H2Br2NS2+. The molecule has 0 unspecified atom stereocenters. The Balaban J connectivity index is 2.19. The van der Waals surface area contributed by atoms with Gasteiger partial charge in [0, 0.05) is 0 Å². The molecule has 0 atom stereocenters. The fourth-order valence-electron chi connectivity index (χ4n) is 0.0137. The Kier molecular flexibility index (Phi) is 7.44. The third-order valence-corrected chi connectivity index (χ3v) is 3.40. The first-order valence-electron chi connectivity index (χ1n) is 0.780. The zero-order chi connectivity index (χ0) is 4.12. The van der Waals surface area contributed by atoms with Gasteiger partial charge in [-0.3, -0.25) is 0 Å². The number of nitrogens with two attached hydrogens (primary N) is 1. The first kappa shape index (κ1) is 6.62. The SMILES string of the molecule is BrS[NH2+]SBr. The maximum atomic E-state index is 3.12. The number of hydrogen-bond donors (Lipinski definition) is 1. The molecule has 0 aromatic rings. The fraction of sp³-hybridized carbons (Fsp3) is 0. The van der Waals surface area contributed by atoms with Crippen molar-refractivity contribution in [2.75, 3.05) is 0 Å². The highest BCUT2D eigenvalue weighted by Gasteiger charge is 1.77. The van der Waals surface area contributed by atoms with E-state index in [1.54, 1.807) is 0 Å². The first-order valence-corrected chi connectivity index (χ1v) is 6.22. The minimum Gasteiger partial charge on any atom is -0.203 e. The quantitative estimate of drug-likeness (QED) is 0.736. The smallest absolute Gasteiger partial charge is 0.165 e. The molecule has 0 saturated heterocycles. The highest BCUT2D eigenvalue weighted by atomic mass is 79.9. The minimum atomic E-state index is 1.51. The average molecular weight is 240 g/mol. The van der Waals surface area contributed by atoms with Crippen molar-refractivity contribution in [1.29, 1.82) is 0 Å². The van der Waals surface area contributed by atoms with Gasteiger partial charge in [-0.15, -0.1) is 0 Å². The summed E-state index contributed by atoms with van der Waals surface area (Å²) in [6.45, 7) is 0. The summed E-state index contributed by atoms with van der Waals surface area (Å²) < 4.78 is 1.92. The molecule has 0 aliphatic heterocycles. The molecule has 0 heterocycles. The summed E-state index contributed by atoms with van der Waals surface area (Å²) in [6, 6.07) is 0. The van der Waals surface area contributed by atoms with E-state index in [4.69, 9.17) is 0 Å². The number of hydrogen-bond acceptors (Lipinski definition) is 2. The van der Waals surface area contributed by atoms with Crippen LogP contribution in [0.2, 0.25) is 0 Å². The molecule has 0 radical (unpaired) electrons. The van der Waals surface area contributed by atoms with Gasteiger partial charge in [-0.1, -0.05) is 0 Å². The summed E-state index contributed by atoms with van der Waals surface area (Å²) in [5, 5.41) is 0. The second-order valence-electron chi connectivity index (χ2n) is 0.274. The van der Waals surface area contributed by atoms with E-state index in [0.717, 1.165) is 0 Å². The highest BCUT2D eigenvalue weighted by molar-refractivity contribution is 9.51. The summed E-state index contributed by atoms with van der Waals surface area (Å²) in [5.74, 6) is 0. The molecule has 0 amide bonds. The monoisotopic (exact) mass is 238 g/mol. The lowest BCUT2D eigenvalue weighted by atomic mass is 13.9. The van der Waals surface area contributed by atoms with Gasteiger partial charge in [0.1, 0.15) is 0 Å². The Bertz CT molecular complexity index is 15.1. The van der Waals surface area contributed by atoms with E-state index in [9.17, 15) is 0 Å². The largest absolute Gasteiger partial charge is 0.203 e. The van der Waals surface area contributed by atoms with Crippen molar-refractivity contribution in [2.45, 2.75) is 0 Å². The molecule has 0 aromatic heterocycles. The molecule has 0 aliphatic rings. The van der Waals surface area contributed by atoms with Crippen LogP contribution in [-0.2, 0) is 0 Å². The van der Waals surface area contributed by atoms with Crippen molar-refractivity contribution in [1.82, 2.24) is 0 Å². The van der Waals surface area contributed by atoms with Gasteiger partial charge in [0.2, 0.25) is 0 Å². The van der Waals surface area contributed by atoms with Gasteiger partial charge < -0.3 is 0 Å². The summed E-state index contributed by atoms with van der Waals surface area (Å²) in [4.78, 5) is 0. The van der Waals surface area contributed by atoms with Crippen molar-refractivity contribution < 1.29 is 4.13 Å². The lowest BCUT2D eigenvalue weighted by Gasteiger charge is -1.72. The van der Waals surface area contributed by atoms with Crippen LogP contribution in [0.15, 0.2) is 0 Å². The van der Waals surface area contributed by atoms with Crippen LogP contribution in [-0.4, -0.2) is 0 Å². The van der Waals surface area contributed by atoms with Crippen LogP contribution >= 0.6 is 50.4 Å². The third kappa shape index (κ3) is 5.62. The Morgan fingerprint density at radius 2 is 1.60 bits per heavy atom. The number of quaternary nitrogens is 1. The molecule has 0 spiro atoms. The second kappa shape index (κ2) is 5.62. The summed E-state index contributed by atoms with van der Waals surface area (Å²) in [7, 11) is 3.01. The summed E-state index contributed by atoms with van der Waals surface area (Å²) in [5.41, 5.74) is 0. The summed E-state index contributed by atoms with van der Waals surface area (Å²) >= 11 is 6.24. The Morgan fingerprint density at radius 3 is 1.60 bits per heavy atom. The maximum Gasteiger partial charge on any atom is 0.165 e. The molecule has 1 nitrogen and oxygen atoms in total. The normalized spacial score (nSPS) is 8.40. The zero-order valence-corrected chi connectivity index (χ0v) is 6.95. The molecule has 0 aromatic carbocycles. The van der Waals surface area contributed by atoms with Crippen LogP contribution in [0.3, 0.4) is 0 Å². The lowest BCUT2D eigenvalue weighted by molar-refractivity contribution is -0.258.